The average Bonchev–Trinajstić information content (AvgIpc) is 3.26. The highest BCUT2D eigenvalue weighted by molar-refractivity contribution is 5.99. The lowest BCUT2D eigenvalue weighted by Crippen LogP contribution is -2.32. The van der Waals surface area contributed by atoms with E-state index in [1.807, 2.05) is 30.3 Å². The van der Waals surface area contributed by atoms with E-state index in [4.69, 9.17) is 9.47 Å². The van der Waals surface area contributed by atoms with Crippen LogP contribution in [0.15, 0.2) is 66.7 Å². The summed E-state index contributed by atoms with van der Waals surface area (Å²) in [6, 6.07) is 20.9. The predicted octanol–water partition coefficient (Wildman–Crippen LogP) is 3.77. The van der Waals surface area contributed by atoms with Gasteiger partial charge in [0.05, 0.1) is 20.8 Å². The summed E-state index contributed by atoms with van der Waals surface area (Å²) in [4.78, 5) is 26.9. The number of anilines is 3. The third kappa shape index (κ3) is 4.51. The summed E-state index contributed by atoms with van der Waals surface area (Å²) in [5.74, 6) is 0.301. The lowest BCUT2D eigenvalue weighted by Gasteiger charge is -2.20. The minimum absolute atomic E-state index is 0.144. The Balaban J connectivity index is 1.32. The number of benzene rings is 3. The van der Waals surface area contributed by atoms with Crippen LogP contribution in [0.1, 0.15) is 15.9 Å². The summed E-state index contributed by atoms with van der Waals surface area (Å²) in [6.45, 7) is 0.793. The number of ether oxygens (including phenoxy) is 2. The standard InChI is InChI=1S/C25H25N3O4/c1-31-22-12-7-18(15-23(22)32-2)25(30)26-16-24(29)27-19-8-10-20(11-9-19)28-14-13-17-5-3-4-6-21(17)28/h3-12,15H,13-14,16H2,1-2H3,(H,26,30)(H,27,29). The van der Waals surface area contributed by atoms with Crippen LogP contribution in [0.2, 0.25) is 0 Å². The number of carbonyl (C=O) groups excluding carboxylic acids is 2. The van der Waals surface area contributed by atoms with Gasteiger partial charge in [-0.2, -0.15) is 0 Å². The number of hydrogen-bond donors (Lipinski definition) is 2. The third-order valence-corrected chi connectivity index (χ3v) is 5.41. The molecule has 1 aliphatic heterocycles. The lowest BCUT2D eigenvalue weighted by atomic mass is 10.2. The molecular weight excluding hydrogens is 406 g/mol. The van der Waals surface area contributed by atoms with Gasteiger partial charge in [0.2, 0.25) is 5.91 Å². The van der Waals surface area contributed by atoms with Crippen molar-refractivity contribution in [3.63, 3.8) is 0 Å². The second kappa shape index (κ2) is 9.43. The minimum Gasteiger partial charge on any atom is -0.493 e. The van der Waals surface area contributed by atoms with Crippen LogP contribution < -0.4 is 25.0 Å². The van der Waals surface area contributed by atoms with E-state index in [-0.39, 0.29) is 18.4 Å². The van der Waals surface area contributed by atoms with Crippen molar-refractivity contribution in [1.82, 2.24) is 5.32 Å². The van der Waals surface area contributed by atoms with Crippen molar-refractivity contribution >= 4 is 28.9 Å². The van der Waals surface area contributed by atoms with Crippen molar-refractivity contribution in [2.75, 3.05) is 37.5 Å². The molecular formula is C25H25N3O4. The van der Waals surface area contributed by atoms with E-state index in [1.165, 1.54) is 25.5 Å². The first kappa shape index (κ1) is 21.2. The molecule has 0 spiro atoms. The average molecular weight is 431 g/mol. The molecule has 1 heterocycles. The molecule has 7 nitrogen and oxygen atoms in total. The molecule has 0 aromatic heterocycles. The number of methoxy groups -OCH3 is 2. The Morgan fingerprint density at radius 1 is 0.938 bits per heavy atom. The van der Waals surface area contributed by atoms with Gasteiger partial charge in [0.25, 0.3) is 5.91 Å². The second-order valence-electron chi connectivity index (χ2n) is 7.38. The summed E-state index contributed by atoms with van der Waals surface area (Å²) in [7, 11) is 3.03. The summed E-state index contributed by atoms with van der Waals surface area (Å²) in [6.07, 6.45) is 1.02. The van der Waals surface area contributed by atoms with Crippen LogP contribution in [-0.2, 0) is 11.2 Å². The first-order chi connectivity index (χ1) is 15.6. The van der Waals surface area contributed by atoms with E-state index in [0.29, 0.717) is 22.7 Å². The summed E-state index contributed by atoms with van der Waals surface area (Å²) in [5.41, 5.74) is 4.70. The molecule has 164 valence electrons. The maximum atomic E-state index is 12.4. The largest absolute Gasteiger partial charge is 0.493 e. The van der Waals surface area contributed by atoms with Gasteiger partial charge < -0.3 is 25.0 Å². The molecule has 3 aromatic rings. The smallest absolute Gasteiger partial charge is 0.251 e. The number of nitrogens with zero attached hydrogens (tertiary/aromatic N) is 1. The first-order valence-corrected chi connectivity index (χ1v) is 10.3. The van der Waals surface area contributed by atoms with Gasteiger partial charge in [0.1, 0.15) is 0 Å². The Labute approximate surface area is 187 Å². The molecule has 1 aliphatic rings. The van der Waals surface area contributed by atoms with Gasteiger partial charge in [-0.3, -0.25) is 9.59 Å². The van der Waals surface area contributed by atoms with Crippen LogP contribution in [-0.4, -0.2) is 39.1 Å². The SMILES string of the molecule is COc1ccc(C(=O)NCC(=O)Nc2ccc(N3CCc4ccccc43)cc2)cc1OC. The molecule has 0 radical (unpaired) electrons. The van der Waals surface area contributed by atoms with Gasteiger partial charge in [0.15, 0.2) is 11.5 Å². The van der Waals surface area contributed by atoms with Crippen LogP contribution in [0, 0.1) is 0 Å². The van der Waals surface area contributed by atoms with E-state index < -0.39 is 0 Å². The number of nitrogens with one attached hydrogen (secondary N) is 2. The Kier molecular flexibility index (Phi) is 6.26. The van der Waals surface area contributed by atoms with Gasteiger partial charge in [-0.25, -0.2) is 0 Å². The van der Waals surface area contributed by atoms with Crippen LogP contribution in [0.3, 0.4) is 0 Å². The molecule has 32 heavy (non-hydrogen) atoms. The van der Waals surface area contributed by atoms with E-state index >= 15 is 0 Å². The van der Waals surface area contributed by atoms with Crippen LogP contribution in [0.25, 0.3) is 0 Å². The highest BCUT2D eigenvalue weighted by atomic mass is 16.5. The Bertz CT molecular complexity index is 1130. The van der Waals surface area contributed by atoms with Crippen LogP contribution in [0.5, 0.6) is 11.5 Å². The molecule has 0 unspecified atom stereocenters. The van der Waals surface area contributed by atoms with Crippen molar-refractivity contribution < 1.29 is 19.1 Å². The fraction of sp³-hybridized carbons (Fsp3) is 0.200. The van der Waals surface area contributed by atoms with Crippen molar-refractivity contribution in [2.45, 2.75) is 6.42 Å². The molecule has 0 fully saturated rings. The summed E-state index contributed by atoms with van der Waals surface area (Å²) in [5, 5.41) is 5.43. The van der Waals surface area contributed by atoms with Gasteiger partial charge in [-0.05, 0) is 60.5 Å². The maximum Gasteiger partial charge on any atom is 0.251 e. The van der Waals surface area contributed by atoms with Crippen molar-refractivity contribution in [1.29, 1.82) is 0 Å². The number of carbonyl (C=O) groups is 2. The quantitative estimate of drug-likeness (QED) is 0.595. The monoisotopic (exact) mass is 431 g/mol. The Hall–Kier alpha value is -4.00. The fourth-order valence-electron chi connectivity index (χ4n) is 3.78. The first-order valence-electron chi connectivity index (χ1n) is 10.3. The van der Waals surface area contributed by atoms with Gasteiger partial charge in [-0.1, -0.05) is 18.2 Å². The predicted molar refractivity (Wildman–Crippen MR) is 124 cm³/mol. The molecule has 2 N–H and O–H groups in total. The van der Waals surface area contributed by atoms with Crippen molar-refractivity contribution in [3.8, 4) is 11.5 Å². The van der Waals surface area contributed by atoms with Gasteiger partial charge in [0, 0.05) is 29.2 Å². The van der Waals surface area contributed by atoms with E-state index in [2.05, 4.69) is 33.7 Å². The molecule has 2 amide bonds. The zero-order chi connectivity index (χ0) is 22.5. The molecule has 0 aliphatic carbocycles. The molecule has 3 aromatic carbocycles. The van der Waals surface area contributed by atoms with Crippen LogP contribution >= 0.6 is 0 Å². The van der Waals surface area contributed by atoms with Gasteiger partial charge in [-0.15, -0.1) is 0 Å². The number of hydrogen-bond acceptors (Lipinski definition) is 5. The van der Waals surface area contributed by atoms with E-state index in [0.717, 1.165) is 18.7 Å². The topological polar surface area (TPSA) is 79.9 Å². The fourth-order valence-corrected chi connectivity index (χ4v) is 3.78. The zero-order valence-corrected chi connectivity index (χ0v) is 18.1. The molecule has 4 rings (SSSR count). The second-order valence-corrected chi connectivity index (χ2v) is 7.38. The molecule has 0 atom stereocenters. The summed E-state index contributed by atoms with van der Waals surface area (Å²) < 4.78 is 10.4. The van der Waals surface area contributed by atoms with E-state index in [1.54, 1.807) is 18.2 Å². The Morgan fingerprint density at radius 2 is 1.69 bits per heavy atom. The number of rotatable bonds is 7. The minimum atomic E-state index is -0.371. The van der Waals surface area contributed by atoms with Crippen molar-refractivity contribution in [2.24, 2.45) is 0 Å². The number of para-hydroxylation sites is 1. The number of fused-ring (bicyclic) bond motifs is 1. The van der Waals surface area contributed by atoms with Crippen LogP contribution in [0.4, 0.5) is 17.1 Å². The normalized spacial score (nSPS) is 12.1. The lowest BCUT2D eigenvalue weighted by molar-refractivity contribution is -0.115. The highest BCUT2D eigenvalue weighted by Gasteiger charge is 2.19. The maximum absolute atomic E-state index is 12.4. The van der Waals surface area contributed by atoms with Crippen molar-refractivity contribution in [3.05, 3.63) is 77.9 Å². The number of amides is 2. The van der Waals surface area contributed by atoms with Gasteiger partial charge >= 0.3 is 0 Å². The molecule has 0 saturated heterocycles. The molecule has 0 saturated carbocycles. The Morgan fingerprint density at radius 3 is 2.44 bits per heavy atom. The zero-order valence-electron chi connectivity index (χ0n) is 18.1. The molecule has 7 heteroatoms. The highest BCUT2D eigenvalue weighted by Crippen LogP contribution is 2.34. The summed E-state index contributed by atoms with van der Waals surface area (Å²) >= 11 is 0. The van der Waals surface area contributed by atoms with E-state index in [9.17, 15) is 9.59 Å². The third-order valence-electron chi connectivity index (χ3n) is 5.41. The molecule has 0 bridgehead atoms.